The van der Waals surface area contributed by atoms with Crippen molar-refractivity contribution in [1.29, 1.82) is 0 Å². The number of piperazine rings is 1. The second-order valence-electron chi connectivity index (χ2n) is 7.96. The Balaban J connectivity index is 1.55. The van der Waals surface area contributed by atoms with Crippen LogP contribution in [0, 0.1) is 0 Å². The Hall–Kier alpha value is -2.73. The lowest BCUT2D eigenvalue weighted by Gasteiger charge is -2.36. The fourth-order valence-corrected chi connectivity index (χ4v) is 3.33. The molecule has 0 spiro atoms. The van der Waals surface area contributed by atoms with E-state index in [9.17, 15) is 9.59 Å². The van der Waals surface area contributed by atoms with E-state index in [1.54, 1.807) is 45.0 Å². The van der Waals surface area contributed by atoms with E-state index in [1.807, 2.05) is 29.2 Å². The molecule has 0 unspecified atom stereocenters. The molecular formula is C22H26ClN3O3. The lowest BCUT2D eigenvalue weighted by atomic mass is 10.1. The van der Waals surface area contributed by atoms with Gasteiger partial charge in [0, 0.05) is 48.1 Å². The standard InChI is InChI=1S/C22H26ClN3O3/c1-22(2,3)29-21(28)24-18-9-7-16(8-10-18)20(27)26-13-11-25(12-14-26)19-6-4-5-17(23)15-19/h4-10,15H,11-14H2,1-3H3,(H,24,28). The van der Waals surface area contributed by atoms with Gasteiger partial charge in [0.2, 0.25) is 0 Å². The normalized spacial score (nSPS) is 14.5. The van der Waals surface area contributed by atoms with E-state index >= 15 is 0 Å². The first-order chi connectivity index (χ1) is 13.7. The smallest absolute Gasteiger partial charge is 0.412 e. The Bertz CT molecular complexity index is 870. The Labute approximate surface area is 176 Å². The zero-order valence-electron chi connectivity index (χ0n) is 16.9. The third-order valence-corrected chi connectivity index (χ3v) is 4.75. The molecule has 3 rings (SSSR count). The summed E-state index contributed by atoms with van der Waals surface area (Å²) in [6.07, 6.45) is -0.520. The second kappa shape index (κ2) is 8.74. The maximum Gasteiger partial charge on any atom is 0.412 e. The van der Waals surface area contributed by atoms with E-state index in [2.05, 4.69) is 10.2 Å². The third kappa shape index (κ3) is 5.87. The molecule has 1 saturated heterocycles. The van der Waals surface area contributed by atoms with Gasteiger partial charge in [-0.1, -0.05) is 17.7 Å². The van der Waals surface area contributed by atoms with Gasteiger partial charge in [-0.05, 0) is 63.2 Å². The summed E-state index contributed by atoms with van der Waals surface area (Å²) in [5, 5.41) is 3.38. The van der Waals surface area contributed by atoms with Crippen molar-refractivity contribution < 1.29 is 14.3 Å². The van der Waals surface area contributed by atoms with Crippen LogP contribution in [0.2, 0.25) is 5.02 Å². The summed E-state index contributed by atoms with van der Waals surface area (Å²) in [4.78, 5) is 28.7. The van der Waals surface area contributed by atoms with E-state index in [1.165, 1.54) is 0 Å². The van der Waals surface area contributed by atoms with Gasteiger partial charge in [0.05, 0.1) is 0 Å². The Kier molecular flexibility index (Phi) is 6.33. The maximum atomic E-state index is 12.8. The molecule has 0 aromatic heterocycles. The van der Waals surface area contributed by atoms with Crippen molar-refractivity contribution in [2.24, 2.45) is 0 Å². The van der Waals surface area contributed by atoms with Gasteiger partial charge in [0.25, 0.3) is 5.91 Å². The molecule has 0 radical (unpaired) electrons. The molecule has 1 N–H and O–H groups in total. The highest BCUT2D eigenvalue weighted by Gasteiger charge is 2.22. The highest BCUT2D eigenvalue weighted by atomic mass is 35.5. The molecule has 29 heavy (non-hydrogen) atoms. The van der Waals surface area contributed by atoms with Crippen LogP contribution in [0.5, 0.6) is 0 Å². The van der Waals surface area contributed by atoms with Crippen molar-refractivity contribution in [3.8, 4) is 0 Å². The number of hydrogen-bond donors (Lipinski definition) is 1. The van der Waals surface area contributed by atoms with Gasteiger partial charge in [-0.25, -0.2) is 4.79 Å². The number of halogens is 1. The molecule has 1 aliphatic heterocycles. The zero-order valence-corrected chi connectivity index (χ0v) is 17.7. The van der Waals surface area contributed by atoms with Crippen molar-refractivity contribution in [1.82, 2.24) is 4.90 Å². The van der Waals surface area contributed by atoms with Gasteiger partial charge in [-0.15, -0.1) is 0 Å². The summed E-state index contributed by atoms with van der Waals surface area (Å²) < 4.78 is 5.23. The Morgan fingerprint density at radius 3 is 2.24 bits per heavy atom. The summed E-state index contributed by atoms with van der Waals surface area (Å²) >= 11 is 6.07. The first-order valence-corrected chi connectivity index (χ1v) is 9.99. The first-order valence-electron chi connectivity index (χ1n) is 9.61. The van der Waals surface area contributed by atoms with Crippen LogP contribution in [-0.4, -0.2) is 48.7 Å². The number of benzene rings is 2. The minimum Gasteiger partial charge on any atom is -0.444 e. The lowest BCUT2D eigenvalue weighted by Crippen LogP contribution is -2.48. The molecule has 0 bridgehead atoms. The van der Waals surface area contributed by atoms with Gasteiger partial charge < -0.3 is 14.5 Å². The molecule has 2 aromatic rings. The van der Waals surface area contributed by atoms with E-state index in [0.717, 1.165) is 18.8 Å². The minimum atomic E-state index is -0.562. The highest BCUT2D eigenvalue weighted by Crippen LogP contribution is 2.21. The topological polar surface area (TPSA) is 61.9 Å². The van der Waals surface area contributed by atoms with Gasteiger partial charge in [-0.3, -0.25) is 10.1 Å². The molecule has 0 aliphatic carbocycles. The highest BCUT2D eigenvalue weighted by molar-refractivity contribution is 6.30. The van der Waals surface area contributed by atoms with Crippen LogP contribution in [0.1, 0.15) is 31.1 Å². The molecule has 0 saturated carbocycles. The quantitative estimate of drug-likeness (QED) is 0.792. The van der Waals surface area contributed by atoms with Crippen LogP contribution in [0.15, 0.2) is 48.5 Å². The molecule has 1 heterocycles. The molecule has 154 valence electrons. The van der Waals surface area contributed by atoms with Gasteiger partial charge in [-0.2, -0.15) is 0 Å². The van der Waals surface area contributed by atoms with Gasteiger partial charge in [0.1, 0.15) is 5.60 Å². The molecule has 1 aliphatic rings. The van der Waals surface area contributed by atoms with E-state index in [4.69, 9.17) is 16.3 Å². The fourth-order valence-electron chi connectivity index (χ4n) is 3.14. The number of carbonyl (C=O) groups excluding carboxylic acids is 2. The maximum absolute atomic E-state index is 12.8. The van der Waals surface area contributed by atoms with E-state index in [0.29, 0.717) is 29.4 Å². The van der Waals surface area contributed by atoms with Crippen molar-refractivity contribution in [3.05, 3.63) is 59.1 Å². The van der Waals surface area contributed by atoms with Gasteiger partial charge in [0.15, 0.2) is 0 Å². The molecule has 2 aromatic carbocycles. The molecular weight excluding hydrogens is 390 g/mol. The second-order valence-corrected chi connectivity index (χ2v) is 8.40. The number of nitrogens with zero attached hydrogens (tertiary/aromatic N) is 2. The summed E-state index contributed by atoms with van der Waals surface area (Å²) in [5.74, 6) is -0.0143. The van der Waals surface area contributed by atoms with Crippen LogP contribution in [-0.2, 0) is 4.74 Å². The SMILES string of the molecule is CC(C)(C)OC(=O)Nc1ccc(C(=O)N2CCN(c3cccc(Cl)c3)CC2)cc1. The predicted octanol–water partition coefficient (Wildman–Crippen LogP) is 4.65. The predicted molar refractivity (Wildman–Crippen MR) is 116 cm³/mol. The monoisotopic (exact) mass is 415 g/mol. The average Bonchev–Trinajstić information content (AvgIpc) is 2.67. The van der Waals surface area contributed by atoms with Gasteiger partial charge >= 0.3 is 6.09 Å². The summed E-state index contributed by atoms with van der Waals surface area (Å²) in [5.41, 5.74) is 1.69. The minimum absolute atomic E-state index is 0.0143. The summed E-state index contributed by atoms with van der Waals surface area (Å²) in [7, 11) is 0. The first kappa shape index (κ1) is 21.0. The van der Waals surface area contributed by atoms with Crippen molar-refractivity contribution in [2.45, 2.75) is 26.4 Å². The van der Waals surface area contributed by atoms with E-state index < -0.39 is 11.7 Å². The van der Waals surface area contributed by atoms with Crippen LogP contribution >= 0.6 is 11.6 Å². The summed E-state index contributed by atoms with van der Waals surface area (Å²) in [6.45, 7) is 8.21. The number of amides is 2. The molecule has 6 nitrogen and oxygen atoms in total. The van der Waals surface area contributed by atoms with Crippen LogP contribution in [0.3, 0.4) is 0 Å². The fraction of sp³-hybridized carbons (Fsp3) is 0.364. The number of rotatable bonds is 3. The Morgan fingerprint density at radius 2 is 1.66 bits per heavy atom. The number of anilines is 2. The average molecular weight is 416 g/mol. The number of carbonyl (C=O) groups is 2. The van der Waals surface area contributed by atoms with Crippen molar-refractivity contribution in [3.63, 3.8) is 0 Å². The third-order valence-electron chi connectivity index (χ3n) is 4.52. The van der Waals surface area contributed by atoms with E-state index in [-0.39, 0.29) is 5.91 Å². The van der Waals surface area contributed by atoms with Crippen molar-refractivity contribution in [2.75, 3.05) is 36.4 Å². The number of nitrogens with one attached hydrogen (secondary N) is 1. The lowest BCUT2D eigenvalue weighted by molar-refractivity contribution is 0.0635. The van der Waals surface area contributed by atoms with Crippen LogP contribution < -0.4 is 10.2 Å². The Morgan fingerprint density at radius 1 is 1.00 bits per heavy atom. The van der Waals surface area contributed by atoms with Crippen LogP contribution in [0.4, 0.5) is 16.2 Å². The molecule has 7 heteroatoms. The largest absolute Gasteiger partial charge is 0.444 e. The van der Waals surface area contributed by atoms with Crippen molar-refractivity contribution >= 4 is 35.0 Å². The molecule has 2 amide bonds. The zero-order chi connectivity index (χ0) is 21.0. The summed E-state index contributed by atoms with van der Waals surface area (Å²) in [6, 6.07) is 14.6. The molecule has 1 fully saturated rings. The number of ether oxygens (including phenoxy) is 1. The van der Waals surface area contributed by atoms with Crippen LogP contribution in [0.25, 0.3) is 0 Å². The molecule has 0 atom stereocenters. The number of hydrogen-bond acceptors (Lipinski definition) is 4.